The summed E-state index contributed by atoms with van der Waals surface area (Å²) in [6, 6.07) is 8.89. The fraction of sp³-hybridized carbons (Fsp3) is 0.552. The smallest absolute Gasteiger partial charge is 0.228 e. The predicted molar refractivity (Wildman–Crippen MR) is 141 cm³/mol. The number of piperidine rings is 1. The number of phenolic OH excluding ortho intramolecular Hbond substituents is 1. The maximum absolute atomic E-state index is 13.3. The number of primary amides is 1. The molecule has 2 aromatic rings. The van der Waals surface area contributed by atoms with E-state index in [1.165, 1.54) is 12.8 Å². The highest BCUT2D eigenvalue weighted by atomic mass is 35.5. The van der Waals surface area contributed by atoms with E-state index in [1.54, 1.807) is 18.2 Å². The summed E-state index contributed by atoms with van der Waals surface area (Å²) in [5.74, 6) is 0.450. The van der Waals surface area contributed by atoms with Crippen molar-refractivity contribution in [1.82, 2.24) is 4.90 Å². The number of nitrogens with two attached hydrogens (primary N) is 1. The van der Waals surface area contributed by atoms with Crippen LogP contribution < -0.4 is 10.5 Å². The summed E-state index contributed by atoms with van der Waals surface area (Å²) >= 11 is 12.6. The maximum Gasteiger partial charge on any atom is 0.228 e. The Hall–Kier alpha value is -1.99. The number of halogens is 2. The van der Waals surface area contributed by atoms with E-state index in [4.69, 9.17) is 33.7 Å². The van der Waals surface area contributed by atoms with Crippen LogP contribution in [0.15, 0.2) is 30.3 Å². The van der Waals surface area contributed by atoms with Crippen molar-refractivity contribution < 1.29 is 19.7 Å². The first-order chi connectivity index (χ1) is 17.6. The van der Waals surface area contributed by atoms with Crippen LogP contribution in [0.2, 0.25) is 10.0 Å². The van der Waals surface area contributed by atoms with Gasteiger partial charge < -0.3 is 20.7 Å². The molecule has 8 heteroatoms. The molecule has 2 aromatic carbocycles. The van der Waals surface area contributed by atoms with E-state index in [-0.39, 0.29) is 17.7 Å². The summed E-state index contributed by atoms with van der Waals surface area (Å²) in [6.45, 7) is 3.72. The number of carbonyl (C=O) groups is 1. The van der Waals surface area contributed by atoms with Crippen LogP contribution in [0.25, 0.3) is 0 Å². The summed E-state index contributed by atoms with van der Waals surface area (Å²) in [5, 5.41) is 24.4. The van der Waals surface area contributed by atoms with Crippen molar-refractivity contribution in [2.24, 2.45) is 17.6 Å². The first kappa shape index (κ1) is 24.1. The second-order valence-corrected chi connectivity index (χ2v) is 12.9. The van der Waals surface area contributed by atoms with Crippen molar-refractivity contribution >= 4 is 29.1 Å². The van der Waals surface area contributed by atoms with E-state index >= 15 is 0 Å². The van der Waals surface area contributed by atoms with Crippen LogP contribution in [-0.2, 0) is 22.0 Å². The summed E-state index contributed by atoms with van der Waals surface area (Å²) in [6.07, 6.45) is 4.52. The molecule has 4 N–H and O–H groups in total. The highest BCUT2D eigenvalue weighted by Gasteiger charge is 2.74. The number of hydrogen-bond acceptors (Lipinski definition) is 5. The fourth-order valence-corrected chi connectivity index (χ4v) is 8.73. The van der Waals surface area contributed by atoms with E-state index in [2.05, 4.69) is 4.90 Å². The third-order valence-electron chi connectivity index (χ3n) is 10.5. The number of ether oxygens (including phenoxy) is 1. The van der Waals surface area contributed by atoms with E-state index in [0.717, 1.165) is 30.6 Å². The van der Waals surface area contributed by atoms with E-state index in [1.807, 2.05) is 19.1 Å². The minimum Gasteiger partial charge on any atom is -0.504 e. The molecular weight excluding hydrogens is 511 g/mol. The molecule has 1 amide bonds. The zero-order chi connectivity index (χ0) is 25.9. The Balaban J connectivity index is 1.40. The number of aromatic hydroxyl groups is 1. The largest absolute Gasteiger partial charge is 0.504 e. The number of likely N-dealkylation sites (tertiary alicyclic amines) is 1. The molecule has 2 aliphatic heterocycles. The van der Waals surface area contributed by atoms with Gasteiger partial charge in [0, 0.05) is 24.1 Å². The van der Waals surface area contributed by atoms with E-state index in [9.17, 15) is 15.0 Å². The molecule has 196 valence electrons. The van der Waals surface area contributed by atoms with Crippen molar-refractivity contribution in [2.75, 3.05) is 13.1 Å². The molecule has 6 atom stereocenters. The molecule has 0 aromatic heterocycles. The van der Waals surface area contributed by atoms with E-state index < -0.39 is 28.4 Å². The average molecular weight is 543 g/mol. The first-order valence-electron chi connectivity index (χ1n) is 13.3. The van der Waals surface area contributed by atoms with Gasteiger partial charge in [-0.25, -0.2) is 0 Å². The second kappa shape index (κ2) is 7.78. The van der Waals surface area contributed by atoms with Gasteiger partial charge in [0.25, 0.3) is 0 Å². The van der Waals surface area contributed by atoms with Gasteiger partial charge in [-0.1, -0.05) is 35.3 Å². The van der Waals surface area contributed by atoms with Crippen LogP contribution in [0, 0.1) is 11.8 Å². The SMILES string of the molecule is CC(C(N)=O)(c1ccc(Cl)c(Cl)c1)C1CC[C@@]2(O)[C@H]3Cc4ccc(O)c5c4[C@@]2(CCN3CC2CC2)C1O5. The quantitative estimate of drug-likeness (QED) is 0.522. The van der Waals surface area contributed by atoms with Crippen LogP contribution in [0.1, 0.15) is 55.7 Å². The van der Waals surface area contributed by atoms with Crippen molar-refractivity contribution in [1.29, 1.82) is 0 Å². The summed E-state index contributed by atoms with van der Waals surface area (Å²) < 4.78 is 6.69. The molecule has 3 unspecified atom stereocenters. The Morgan fingerprint density at radius 3 is 2.68 bits per heavy atom. The number of benzene rings is 2. The normalized spacial score (nSPS) is 35.4. The van der Waals surface area contributed by atoms with Crippen molar-refractivity contribution in [3.8, 4) is 11.5 Å². The second-order valence-electron chi connectivity index (χ2n) is 12.1. The van der Waals surface area contributed by atoms with Gasteiger partial charge in [-0.15, -0.1) is 0 Å². The number of aliphatic hydroxyl groups is 1. The Kier molecular flexibility index (Phi) is 5.06. The Labute approximate surface area is 226 Å². The van der Waals surface area contributed by atoms with Crippen molar-refractivity contribution in [2.45, 2.75) is 74.0 Å². The van der Waals surface area contributed by atoms with Gasteiger partial charge in [0.1, 0.15) is 6.10 Å². The molecular formula is C29H32Cl2N2O4. The third kappa shape index (κ3) is 2.99. The zero-order valence-corrected chi connectivity index (χ0v) is 22.4. The molecule has 5 aliphatic rings. The topological polar surface area (TPSA) is 96.0 Å². The zero-order valence-electron chi connectivity index (χ0n) is 20.8. The van der Waals surface area contributed by atoms with Crippen molar-refractivity contribution in [3.05, 3.63) is 57.1 Å². The molecule has 2 heterocycles. The Morgan fingerprint density at radius 2 is 1.97 bits per heavy atom. The fourth-order valence-electron chi connectivity index (χ4n) is 8.43. The van der Waals surface area contributed by atoms with Gasteiger partial charge in [0.2, 0.25) is 5.91 Å². The van der Waals surface area contributed by atoms with Crippen LogP contribution in [0.5, 0.6) is 11.5 Å². The van der Waals surface area contributed by atoms with Gasteiger partial charge in [0.05, 0.1) is 26.5 Å². The lowest BCUT2D eigenvalue weighted by molar-refractivity contribution is -0.204. The number of nitrogens with zero attached hydrogens (tertiary/aromatic N) is 1. The third-order valence-corrected chi connectivity index (χ3v) is 11.3. The lowest BCUT2D eigenvalue weighted by Gasteiger charge is -2.65. The van der Waals surface area contributed by atoms with Crippen molar-refractivity contribution in [3.63, 3.8) is 0 Å². The standard InChI is InChI=1S/C29H32Cl2N2O4/c1-27(26(32)35,17-5-6-19(30)20(31)13-17)18-8-9-29(36)22-12-16-4-7-21(34)24-23(16)28(29,25(18)37-24)10-11-33(22)14-15-2-3-15/h4-7,13,15,18,22,25,34,36H,2-3,8-12,14H2,1H3,(H2,32,35)/t18?,22-,25?,27?,28+,29-/m1/s1. The molecule has 3 fully saturated rings. The minimum absolute atomic E-state index is 0.0262. The number of rotatable bonds is 5. The van der Waals surface area contributed by atoms with Crippen LogP contribution >= 0.6 is 23.2 Å². The summed E-state index contributed by atoms with van der Waals surface area (Å²) in [5.41, 5.74) is 6.05. The number of phenols is 1. The molecule has 6 nitrogen and oxygen atoms in total. The monoisotopic (exact) mass is 542 g/mol. The lowest BCUT2D eigenvalue weighted by atomic mass is 9.45. The average Bonchev–Trinajstić information content (AvgIpc) is 3.60. The van der Waals surface area contributed by atoms with Gasteiger partial charge in [-0.05, 0) is 87.2 Å². The van der Waals surface area contributed by atoms with Crippen LogP contribution in [-0.4, -0.2) is 51.9 Å². The predicted octanol–water partition coefficient (Wildman–Crippen LogP) is 4.32. The molecule has 0 radical (unpaired) electrons. The van der Waals surface area contributed by atoms with E-state index in [0.29, 0.717) is 46.5 Å². The van der Waals surface area contributed by atoms with Gasteiger partial charge in [-0.3, -0.25) is 9.69 Å². The highest BCUT2D eigenvalue weighted by molar-refractivity contribution is 6.42. The molecule has 7 rings (SSSR count). The maximum atomic E-state index is 13.3. The molecule has 2 bridgehead atoms. The number of hydrogen-bond donors (Lipinski definition) is 3. The molecule has 1 spiro atoms. The molecule has 1 saturated heterocycles. The summed E-state index contributed by atoms with van der Waals surface area (Å²) in [7, 11) is 0. The minimum atomic E-state index is -1.12. The van der Waals surface area contributed by atoms with Gasteiger partial charge in [0.15, 0.2) is 11.5 Å². The molecule has 3 aliphatic carbocycles. The lowest BCUT2D eigenvalue weighted by Crippen LogP contribution is -2.77. The Morgan fingerprint density at radius 1 is 1.19 bits per heavy atom. The number of amides is 1. The van der Waals surface area contributed by atoms with Gasteiger partial charge in [-0.2, -0.15) is 0 Å². The summed E-state index contributed by atoms with van der Waals surface area (Å²) in [4.78, 5) is 15.8. The molecule has 2 saturated carbocycles. The highest BCUT2D eigenvalue weighted by Crippen LogP contribution is 2.68. The van der Waals surface area contributed by atoms with Crippen LogP contribution in [0.4, 0.5) is 0 Å². The Bertz CT molecular complexity index is 1330. The number of carbonyl (C=O) groups excluding carboxylic acids is 1. The molecule has 37 heavy (non-hydrogen) atoms. The van der Waals surface area contributed by atoms with Gasteiger partial charge >= 0.3 is 0 Å². The van der Waals surface area contributed by atoms with Crippen LogP contribution in [0.3, 0.4) is 0 Å². The first-order valence-corrected chi connectivity index (χ1v) is 14.1.